The fourth-order valence-electron chi connectivity index (χ4n) is 1.82. The van der Waals surface area contributed by atoms with Gasteiger partial charge in [-0.25, -0.2) is 0 Å². The lowest BCUT2D eigenvalue weighted by atomic mass is 10.2. The Labute approximate surface area is 121 Å². The Morgan fingerprint density at radius 2 is 2.11 bits per heavy atom. The molecular weight excluding hydrogens is 286 g/mol. The van der Waals surface area contributed by atoms with Crippen LogP contribution < -0.4 is 0 Å². The largest absolute Gasteiger partial charge is 0.340 e. The number of carbonyl (C=O) groups excluding carboxylic acids is 1. The molecule has 1 amide bonds. The van der Waals surface area contributed by atoms with Crippen LogP contribution in [0.5, 0.6) is 0 Å². The standard InChI is InChI=1S/C13H16ClNOS2/c1-15(8-10-2-4-11(14)5-3-10)13(16)12-9-17-6-7-18-12/h2-5,12H,6-9H2,1H3. The lowest BCUT2D eigenvalue weighted by Gasteiger charge is -2.25. The van der Waals surface area contributed by atoms with Gasteiger partial charge >= 0.3 is 0 Å². The summed E-state index contributed by atoms with van der Waals surface area (Å²) >= 11 is 9.50. The maximum absolute atomic E-state index is 12.2. The SMILES string of the molecule is CN(Cc1ccc(Cl)cc1)C(=O)C1CSCCS1. The Bertz CT molecular complexity index is 404. The molecule has 18 heavy (non-hydrogen) atoms. The lowest BCUT2D eigenvalue weighted by molar-refractivity contribution is -0.129. The maximum Gasteiger partial charge on any atom is 0.236 e. The second-order valence-corrected chi connectivity index (χ2v) is 7.15. The molecule has 1 fully saturated rings. The van der Waals surface area contributed by atoms with E-state index < -0.39 is 0 Å². The second-order valence-electron chi connectivity index (χ2n) is 4.26. The molecule has 1 aliphatic heterocycles. The molecule has 0 bridgehead atoms. The summed E-state index contributed by atoms with van der Waals surface area (Å²) in [5, 5.41) is 0.855. The van der Waals surface area contributed by atoms with Crippen LogP contribution >= 0.6 is 35.1 Å². The molecule has 0 spiro atoms. The van der Waals surface area contributed by atoms with E-state index >= 15 is 0 Å². The molecule has 1 aliphatic rings. The van der Waals surface area contributed by atoms with E-state index in [0.29, 0.717) is 6.54 Å². The Kier molecular flexibility index (Phi) is 5.27. The first-order valence-electron chi connectivity index (χ1n) is 5.85. The highest BCUT2D eigenvalue weighted by atomic mass is 35.5. The van der Waals surface area contributed by atoms with Crippen LogP contribution in [0, 0.1) is 0 Å². The second kappa shape index (κ2) is 6.73. The van der Waals surface area contributed by atoms with Gasteiger partial charge in [-0.15, -0.1) is 11.8 Å². The average molecular weight is 302 g/mol. The van der Waals surface area contributed by atoms with Crippen LogP contribution in [0.25, 0.3) is 0 Å². The van der Waals surface area contributed by atoms with E-state index in [-0.39, 0.29) is 11.2 Å². The molecule has 1 atom stereocenters. The third kappa shape index (κ3) is 3.84. The average Bonchev–Trinajstić information content (AvgIpc) is 2.41. The molecule has 1 aromatic carbocycles. The minimum Gasteiger partial charge on any atom is -0.340 e. The van der Waals surface area contributed by atoms with E-state index in [1.807, 2.05) is 48.0 Å². The number of halogens is 1. The molecule has 98 valence electrons. The minimum absolute atomic E-state index is 0.126. The number of thioether (sulfide) groups is 2. The summed E-state index contributed by atoms with van der Waals surface area (Å²) in [5.41, 5.74) is 1.11. The summed E-state index contributed by atoms with van der Waals surface area (Å²) in [6.07, 6.45) is 0. The Morgan fingerprint density at radius 1 is 1.39 bits per heavy atom. The van der Waals surface area contributed by atoms with Gasteiger partial charge in [-0.2, -0.15) is 11.8 Å². The Hall–Kier alpha value is -0.320. The summed E-state index contributed by atoms with van der Waals surface area (Å²) in [6, 6.07) is 7.66. The molecule has 1 unspecified atom stereocenters. The van der Waals surface area contributed by atoms with Gasteiger partial charge in [0.15, 0.2) is 0 Å². The molecule has 0 N–H and O–H groups in total. The van der Waals surface area contributed by atoms with Crippen molar-refractivity contribution < 1.29 is 4.79 Å². The molecule has 0 radical (unpaired) electrons. The first kappa shape index (κ1) is 14.1. The molecule has 0 saturated carbocycles. The Balaban J connectivity index is 1.92. The summed E-state index contributed by atoms with van der Waals surface area (Å²) in [6.45, 7) is 0.651. The minimum atomic E-state index is 0.126. The van der Waals surface area contributed by atoms with Crippen LogP contribution in [0.15, 0.2) is 24.3 Å². The van der Waals surface area contributed by atoms with Crippen LogP contribution in [-0.4, -0.2) is 40.4 Å². The topological polar surface area (TPSA) is 20.3 Å². The van der Waals surface area contributed by atoms with Crippen LogP contribution in [-0.2, 0) is 11.3 Å². The van der Waals surface area contributed by atoms with Gasteiger partial charge in [-0.05, 0) is 17.7 Å². The highest BCUT2D eigenvalue weighted by molar-refractivity contribution is 8.07. The van der Waals surface area contributed by atoms with Gasteiger partial charge in [0.1, 0.15) is 0 Å². The van der Waals surface area contributed by atoms with Crippen molar-refractivity contribution in [2.45, 2.75) is 11.8 Å². The van der Waals surface area contributed by atoms with Gasteiger partial charge in [0.05, 0.1) is 5.25 Å². The van der Waals surface area contributed by atoms with Crippen molar-refractivity contribution >= 4 is 41.0 Å². The fourth-order valence-corrected chi connectivity index (χ4v) is 4.60. The van der Waals surface area contributed by atoms with Crippen LogP contribution in [0.4, 0.5) is 0 Å². The molecule has 2 nitrogen and oxygen atoms in total. The summed E-state index contributed by atoms with van der Waals surface area (Å²) in [7, 11) is 1.87. The van der Waals surface area contributed by atoms with E-state index in [0.717, 1.165) is 27.8 Å². The Morgan fingerprint density at radius 3 is 2.72 bits per heavy atom. The van der Waals surface area contributed by atoms with Crippen LogP contribution in [0.1, 0.15) is 5.56 Å². The van der Waals surface area contributed by atoms with Crippen LogP contribution in [0.3, 0.4) is 0 Å². The number of carbonyl (C=O) groups is 1. The van der Waals surface area contributed by atoms with Crippen molar-refractivity contribution in [3.63, 3.8) is 0 Å². The van der Waals surface area contributed by atoms with Gasteiger partial charge in [0.25, 0.3) is 0 Å². The highest BCUT2D eigenvalue weighted by Gasteiger charge is 2.24. The van der Waals surface area contributed by atoms with E-state index in [4.69, 9.17) is 11.6 Å². The zero-order valence-electron chi connectivity index (χ0n) is 10.3. The summed E-state index contributed by atoms with van der Waals surface area (Å²) < 4.78 is 0. The summed E-state index contributed by atoms with van der Waals surface area (Å²) in [5.74, 6) is 3.42. The zero-order chi connectivity index (χ0) is 13.0. The predicted molar refractivity (Wildman–Crippen MR) is 81.5 cm³/mol. The first-order valence-corrected chi connectivity index (χ1v) is 8.44. The van der Waals surface area contributed by atoms with Gasteiger partial charge < -0.3 is 4.90 Å². The molecule has 5 heteroatoms. The lowest BCUT2D eigenvalue weighted by Crippen LogP contribution is -2.37. The number of benzene rings is 1. The van der Waals surface area contributed by atoms with E-state index in [1.54, 1.807) is 11.8 Å². The van der Waals surface area contributed by atoms with E-state index in [2.05, 4.69) is 0 Å². The molecule has 1 saturated heterocycles. The molecule has 1 heterocycles. The van der Waals surface area contributed by atoms with E-state index in [9.17, 15) is 4.79 Å². The van der Waals surface area contributed by atoms with Crippen LogP contribution in [0.2, 0.25) is 5.02 Å². The van der Waals surface area contributed by atoms with Crippen molar-refractivity contribution in [1.29, 1.82) is 0 Å². The number of rotatable bonds is 3. The van der Waals surface area contributed by atoms with Crippen molar-refractivity contribution in [2.75, 3.05) is 24.3 Å². The monoisotopic (exact) mass is 301 g/mol. The number of hydrogen-bond donors (Lipinski definition) is 0. The fraction of sp³-hybridized carbons (Fsp3) is 0.462. The molecule has 0 aliphatic carbocycles. The van der Waals surface area contributed by atoms with Gasteiger partial charge in [0, 0.05) is 35.9 Å². The van der Waals surface area contributed by atoms with Gasteiger partial charge in [-0.3, -0.25) is 4.79 Å². The number of nitrogens with zero attached hydrogens (tertiary/aromatic N) is 1. The quantitative estimate of drug-likeness (QED) is 0.855. The predicted octanol–water partition coefficient (Wildman–Crippen LogP) is 3.15. The number of amides is 1. The van der Waals surface area contributed by atoms with Crippen molar-refractivity contribution in [3.8, 4) is 0 Å². The van der Waals surface area contributed by atoms with Gasteiger partial charge in [-0.1, -0.05) is 23.7 Å². The van der Waals surface area contributed by atoms with Crippen molar-refractivity contribution in [2.24, 2.45) is 0 Å². The van der Waals surface area contributed by atoms with Crippen molar-refractivity contribution in [1.82, 2.24) is 4.90 Å². The normalized spacial score (nSPS) is 19.6. The first-order chi connectivity index (χ1) is 8.66. The molecule has 2 rings (SSSR count). The van der Waals surface area contributed by atoms with Gasteiger partial charge in [0.2, 0.25) is 5.91 Å². The van der Waals surface area contributed by atoms with Crippen molar-refractivity contribution in [3.05, 3.63) is 34.9 Å². The summed E-state index contributed by atoms with van der Waals surface area (Å²) in [4.78, 5) is 14.0. The maximum atomic E-state index is 12.2. The smallest absolute Gasteiger partial charge is 0.236 e. The highest BCUT2D eigenvalue weighted by Crippen LogP contribution is 2.25. The molecule has 0 aromatic heterocycles. The third-order valence-electron chi connectivity index (χ3n) is 2.80. The zero-order valence-corrected chi connectivity index (χ0v) is 12.7. The molecular formula is C13H16ClNOS2. The third-order valence-corrected chi connectivity index (χ3v) is 5.79. The molecule has 1 aromatic rings. The van der Waals surface area contributed by atoms with E-state index in [1.165, 1.54) is 0 Å². The number of hydrogen-bond acceptors (Lipinski definition) is 3.